The zero-order valence-electron chi connectivity index (χ0n) is 14.5. The third-order valence-corrected chi connectivity index (χ3v) is 4.81. The summed E-state index contributed by atoms with van der Waals surface area (Å²) in [7, 11) is 0. The van der Waals surface area contributed by atoms with Gasteiger partial charge in [-0.15, -0.1) is 11.3 Å². The first-order valence-corrected chi connectivity index (χ1v) is 9.00. The molecule has 0 aliphatic carbocycles. The largest absolute Gasteiger partial charge is 0.484 e. The number of hydrogen-bond acceptors (Lipinski definition) is 6. The topological polar surface area (TPSA) is 94.4 Å². The summed E-state index contributed by atoms with van der Waals surface area (Å²) in [4.78, 5) is 27.8. The number of nitro groups is 1. The van der Waals surface area contributed by atoms with Gasteiger partial charge in [-0.2, -0.15) is 0 Å². The van der Waals surface area contributed by atoms with E-state index >= 15 is 0 Å². The molecular weight excluding hydrogens is 366 g/mol. The van der Waals surface area contributed by atoms with Crippen molar-refractivity contribution in [3.05, 3.63) is 80.8 Å². The first-order valence-electron chi connectivity index (χ1n) is 8.18. The van der Waals surface area contributed by atoms with E-state index in [1.807, 2.05) is 31.2 Å². The van der Waals surface area contributed by atoms with E-state index in [0.29, 0.717) is 17.3 Å². The second kappa shape index (κ2) is 8.41. The van der Waals surface area contributed by atoms with Crippen molar-refractivity contribution in [2.45, 2.75) is 13.3 Å². The number of anilines is 1. The molecule has 7 nitrogen and oxygen atoms in total. The molecule has 3 aromatic rings. The molecule has 0 saturated heterocycles. The first-order chi connectivity index (χ1) is 13.0. The number of nitro benzene ring substituents is 1. The van der Waals surface area contributed by atoms with E-state index in [-0.39, 0.29) is 18.2 Å². The number of carbonyl (C=O) groups excluding carboxylic acids is 1. The predicted molar refractivity (Wildman–Crippen MR) is 103 cm³/mol. The summed E-state index contributed by atoms with van der Waals surface area (Å²) >= 11 is 1.35. The average Bonchev–Trinajstić information content (AvgIpc) is 3.00. The Bertz CT molecular complexity index is 957. The second-order valence-corrected chi connectivity index (χ2v) is 6.86. The molecule has 0 unspecified atom stereocenters. The summed E-state index contributed by atoms with van der Waals surface area (Å²) in [6.45, 7) is 1.74. The summed E-state index contributed by atoms with van der Waals surface area (Å²) < 4.78 is 5.41. The van der Waals surface area contributed by atoms with Gasteiger partial charge in [0.25, 0.3) is 11.6 Å². The Morgan fingerprint density at radius 3 is 2.74 bits per heavy atom. The Hall–Kier alpha value is -3.26. The Balaban J connectivity index is 1.61. The van der Waals surface area contributed by atoms with Crippen LogP contribution in [-0.2, 0) is 11.2 Å². The summed E-state index contributed by atoms with van der Waals surface area (Å²) in [5.74, 6) is 0.323. The van der Waals surface area contributed by atoms with Gasteiger partial charge in [0.15, 0.2) is 11.7 Å². The molecule has 27 heavy (non-hydrogen) atoms. The molecule has 0 aliphatic heterocycles. The number of nitrogens with one attached hydrogen (secondary N) is 1. The highest BCUT2D eigenvalue weighted by Gasteiger charge is 2.13. The fourth-order valence-electron chi connectivity index (χ4n) is 2.43. The van der Waals surface area contributed by atoms with Gasteiger partial charge in [0, 0.05) is 23.4 Å². The lowest BCUT2D eigenvalue weighted by Crippen LogP contribution is -2.20. The minimum absolute atomic E-state index is 0.0567. The standard InChI is InChI=1S/C19H17N3O4S/c1-13-17(11-14-6-5-7-15(10-14)22(24)25)27-19(20-13)21-18(23)12-26-16-8-3-2-4-9-16/h2-10H,11-12H2,1H3,(H,20,21,23). The molecule has 0 bridgehead atoms. The Morgan fingerprint density at radius 2 is 2.00 bits per heavy atom. The fraction of sp³-hybridized carbons (Fsp3) is 0.158. The van der Waals surface area contributed by atoms with Gasteiger partial charge in [0.05, 0.1) is 10.6 Å². The van der Waals surface area contributed by atoms with Crippen LogP contribution in [0.2, 0.25) is 0 Å². The second-order valence-electron chi connectivity index (χ2n) is 5.78. The molecular formula is C19H17N3O4S. The van der Waals surface area contributed by atoms with E-state index in [4.69, 9.17) is 4.74 Å². The van der Waals surface area contributed by atoms with Crippen molar-refractivity contribution in [3.8, 4) is 5.75 Å². The van der Waals surface area contributed by atoms with E-state index in [0.717, 1.165) is 16.1 Å². The van der Waals surface area contributed by atoms with E-state index < -0.39 is 4.92 Å². The molecule has 1 N–H and O–H groups in total. The minimum Gasteiger partial charge on any atom is -0.484 e. The van der Waals surface area contributed by atoms with Crippen LogP contribution >= 0.6 is 11.3 Å². The van der Waals surface area contributed by atoms with Crippen LogP contribution in [0.25, 0.3) is 0 Å². The number of rotatable bonds is 7. The van der Waals surface area contributed by atoms with Crippen LogP contribution < -0.4 is 10.1 Å². The first kappa shape index (κ1) is 18.5. The zero-order chi connectivity index (χ0) is 19.2. The maximum absolute atomic E-state index is 12.0. The van der Waals surface area contributed by atoms with Crippen molar-refractivity contribution in [2.75, 3.05) is 11.9 Å². The van der Waals surface area contributed by atoms with Crippen LogP contribution in [0, 0.1) is 17.0 Å². The molecule has 0 spiro atoms. The van der Waals surface area contributed by atoms with Gasteiger partial charge in [0.1, 0.15) is 5.75 Å². The molecule has 1 heterocycles. The molecule has 1 amide bonds. The molecule has 3 rings (SSSR count). The number of nitrogens with zero attached hydrogens (tertiary/aromatic N) is 2. The molecule has 0 atom stereocenters. The SMILES string of the molecule is Cc1nc(NC(=O)COc2ccccc2)sc1Cc1cccc([N+](=O)[O-])c1. The highest BCUT2D eigenvalue weighted by molar-refractivity contribution is 7.15. The molecule has 138 valence electrons. The number of thiazole rings is 1. The van der Waals surface area contributed by atoms with Gasteiger partial charge >= 0.3 is 0 Å². The molecule has 0 aliphatic rings. The van der Waals surface area contributed by atoms with Crippen LogP contribution in [0.3, 0.4) is 0 Å². The van der Waals surface area contributed by atoms with Gasteiger partial charge in [-0.25, -0.2) is 4.98 Å². The number of ether oxygens (including phenoxy) is 1. The monoisotopic (exact) mass is 383 g/mol. The van der Waals surface area contributed by atoms with Crippen LogP contribution in [0.5, 0.6) is 5.75 Å². The number of benzene rings is 2. The van der Waals surface area contributed by atoms with Crippen molar-refractivity contribution in [3.63, 3.8) is 0 Å². The molecule has 1 aromatic heterocycles. The van der Waals surface area contributed by atoms with Crippen LogP contribution in [0.15, 0.2) is 54.6 Å². The Kier molecular flexibility index (Phi) is 5.77. The lowest BCUT2D eigenvalue weighted by Gasteiger charge is -2.05. The predicted octanol–water partition coefficient (Wildman–Crippen LogP) is 3.97. The highest BCUT2D eigenvalue weighted by Crippen LogP contribution is 2.26. The quantitative estimate of drug-likeness (QED) is 0.492. The van der Waals surface area contributed by atoms with E-state index in [1.54, 1.807) is 24.3 Å². The number of para-hydroxylation sites is 1. The molecule has 0 fully saturated rings. The molecule has 0 saturated carbocycles. The van der Waals surface area contributed by atoms with E-state index in [9.17, 15) is 14.9 Å². The van der Waals surface area contributed by atoms with Gasteiger partial charge in [-0.1, -0.05) is 30.3 Å². The number of aromatic nitrogens is 1. The smallest absolute Gasteiger partial charge is 0.269 e. The summed E-state index contributed by atoms with van der Waals surface area (Å²) in [6, 6.07) is 15.6. The van der Waals surface area contributed by atoms with Crippen LogP contribution in [0.4, 0.5) is 10.8 Å². The van der Waals surface area contributed by atoms with Crippen molar-refractivity contribution in [1.29, 1.82) is 0 Å². The normalized spacial score (nSPS) is 10.4. The summed E-state index contributed by atoms with van der Waals surface area (Å²) in [6.07, 6.45) is 0.515. The summed E-state index contributed by atoms with van der Waals surface area (Å²) in [5, 5.41) is 14.1. The Labute approximate surface area is 159 Å². The lowest BCUT2D eigenvalue weighted by atomic mass is 10.1. The van der Waals surface area contributed by atoms with Crippen molar-refractivity contribution < 1.29 is 14.5 Å². The van der Waals surface area contributed by atoms with Gasteiger partial charge in [0.2, 0.25) is 0 Å². The van der Waals surface area contributed by atoms with Crippen LogP contribution in [0.1, 0.15) is 16.1 Å². The Morgan fingerprint density at radius 1 is 1.22 bits per heavy atom. The molecule has 0 radical (unpaired) electrons. The highest BCUT2D eigenvalue weighted by atomic mass is 32.1. The van der Waals surface area contributed by atoms with Gasteiger partial charge < -0.3 is 4.74 Å². The van der Waals surface area contributed by atoms with E-state index in [2.05, 4.69) is 10.3 Å². The fourth-order valence-corrected chi connectivity index (χ4v) is 3.44. The zero-order valence-corrected chi connectivity index (χ0v) is 15.4. The minimum atomic E-state index is -0.415. The maximum Gasteiger partial charge on any atom is 0.269 e. The number of amides is 1. The molecule has 8 heteroatoms. The number of hydrogen-bond donors (Lipinski definition) is 1. The van der Waals surface area contributed by atoms with Crippen molar-refractivity contribution in [2.24, 2.45) is 0 Å². The van der Waals surface area contributed by atoms with Gasteiger partial charge in [-0.3, -0.25) is 20.2 Å². The third-order valence-electron chi connectivity index (χ3n) is 3.74. The maximum atomic E-state index is 12.0. The lowest BCUT2D eigenvalue weighted by molar-refractivity contribution is -0.384. The number of carbonyl (C=O) groups is 1. The van der Waals surface area contributed by atoms with Crippen molar-refractivity contribution in [1.82, 2.24) is 4.98 Å². The number of aryl methyl sites for hydroxylation is 1. The van der Waals surface area contributed by atoms with E-state index in [1.165, 1.54) is 17.4 Å². The van der Waals surface area contributed by atoms with Gasteiger partial charge in [-0.05, 0) is 24.6 Å². The van der Waals surface area contributed by atoms with Crippen molar-refractivity contribution >= 4 is 28.1 Å². The van der Waals surface area contributed by atoms with Crippen LogP contribution in [-0.4, -0.2) is 22.4 Å². The summed E-state index contributed by atoms with van der Waals surface area (Å²) in [5.41, 5.74) is 1.66. The molecule has 2 aromatic carbocycles. The average molecular weight is 383 g/mol. The number of non-ortho nitro benzene ring substituents is 1. The third kappa shape index (κ3) is 5.11.